The average molecular weight is 301 g/mol. The maximum absolute atomic E-state index is 11.8. The van der Waals surface area contributed by atoms with Crippen LogP contribution in [0.25, 0.3) is 0 Å². The SMILES string of the molecule is CC(C)CNC(C)c1nnnn1C1CCCS(=O)(=O)C1. The van der Waals surface area contributed by atoms with Crippen molar-refractivity contribution in [3.8, 4) is 0 Å². The lowest BCUT2D eigenvalue weighted by atomic mass is 10.1. The molecule has 2 heterocycles. The van der Waals surface area contributed by atoms with E-state index in [0.29, 0.717) is 18.2 Å². The van der Waals surface area contributed by atoms with Gasteiger partial charge in [0.15, 0.2) is 15.7 Å². The number of nitrogens with one attached hydrogen (secondary N) is 1. The zero-order chi connectivity index (χ0) is 14.8. The minimum atomic E-state index is -2.96. The summed E-state index contributed by atoms with van der Waals surface area (Å²) in [5.74, 6) is 1.67. The molecule has 20 heavy (non-hydrogen) atoms. The van der Waals surface area contributed by atoms with Gasteiger partial charge < -0.3 is 5.32 Å². The molecule has 1 fully saturated rings. The molecule has 2 unspecified atom stereocenters. The van der Waals surface area contributed by atoms with Crippen LogP contribution >= 0.6 is 0 Å². The van der Waals surface area contributed by atoms with E-state index in [4.69, 9.17) is 0 Å². The van der Waals surface area contributed by atoms with Crippen molar-refractivity contribution >= 4 is 9.84 Å². The topological polar surface area (TPSA) is 89.8 Å². The molecule has 1 saturated heterocycles. The second kappa shape index (κ2) is 6.17. The van der Waals surface area contributed by atoms with E-state index >= 15 is 0 Å². The van der Waals surface area contributed by atoms with Crippen molar-refractivity contribution in [3.05, 3.63) is 5.82 Å². The van der Waals surface area contributed by atoms with Gasteiger partial charge in [0, 0.05) is 0 Å². The summed E-state index contributed by atoms with van der Waals surface area (Å²) < 4.78 is 25.2. The number of rotatable bonds is 5. The molecule has 0 amide bonds. The largest absolute Gasteiger partial charge is 0.307 e. The Balaban J connectivity index is 2.11. The Kier molecular flexibility index (Phi) is 4.74. The number of nitrogens with zero attached hydrogens (tertiary/aromatic N) is 4. The molecule has 0 bridgehead atoms. The van der Waals surface area contributed by atoms with Crippen LogP contribution in [-0.4, -0.2) is 46.7 Å². The van der Waals surface area contributed by atoms with Gasteiger partial charge in [0.05, 0.1) is 23.6 Å². The zero-order valence-corrected chi connectivity index (χ0v) is 13.1. The van der Waals surface area contributed by atoms with Crippen LogP contribution in [-0.2, 0) is 9.84 Å². The summed E-state index contributed by atoms with van der Waals surface area (Å²) in [7, 11) is -2.96. The fraction of sp³-hybridized carbons (Fsp3) is 0.917. The van der Waals surface area contributed by atoms with Gasteiger partial charge >= 0.3 is 0 Å². The lowest BCUT2D eigenvalue weighted by Crippen LogP contribution is -2.32. The van der Waals surface area contributed by atoms with Crippen LogP contribution < -0.4 is 5.32 Å². The quantitative estimate of drug-likeness (QED) is 0.862. The highest BCUT2D eigenvalue weighted by Crippen LogP contribution is 2.24. The van der Waals surface area contributed by atoms with Crippen LogP contribution in [0, 0.1) is 5.92 Å². The second-order valence-corrected chi connectivity index (χ2v) is 8.14. The molecule has 2 atom stereocenters. The van der Waals surface area contributed by atoms with Crippen LogP contribution in [0.2, 0.25) is 0 Å². The van der Waals surface area contributed by atoms with E-state index in [1.165, 1.54) is 0 Å². The van der Waals surface area contributed by atoms with Crippen LogP contribution in [0.5, 0.6) is 0 Å². The van der Waals surface area contributed by atoms with Gasteiger partial charge in [-0.15, -0.1) is 5.10 Å². The summed E-state index contributed by atoms with van der Waals surface area (Å²) in [5, 5.41) is 15.2. The van der Waals surface area contributed by atoms with Gasteiger partial charge in [-0.3, -0.25) is 0 Å². The van der Waals surface area contributed by atoms with E-state index < -0.39 is 9.84 Å². The second-order valence-electron chi connectivity index (χ2n) is 5.92. The first-order valence-corrected chi connectivity index (χ1v) is 8.93. The van der Waals surface area contributed by atoms with E-state index in [1.54, 1.807) is 4.68 Å². The third-order valence-electron chi connectivity index (χ3n) is 3.52. The maximum atomic E-state index is 11.8. The van der Waals surface area contributed by atoms with Gasteiger partial charge in [-0.1, -0.05) is 13.8 Å². The molecule has 2 rings (SSSR count). The smallest absolute Gasteiger partial charge is 0.168 e. The predicted octanol–water partition coefficient (Wildman–Crippen LogP) is 0.729. The first-order valence-electron chi connectivity index (χ1n) is 7.10. The summed E-state index contributed by atoms with van der Waals surface area (Å²) in [6.45, 7) is 7.14. The average Bonchev–Trinajstić information content (AvgIpc) is 2.83. The minimum Gasteiger partial charge on any atom is -0.307 e. The highest BCUT2D eigenvalue weighted by molar-refractivity contribution is 7.91. The zero-order valence-electron chi connectivity index (χ0n) is 12.3. The fourth-order valence-corrected chi connectivity index (χ4v) is 4.11. The molecule has 7 nitrogen and oxygen atoms in total. The number of sulfone groups is 1. The molecule has 0 radical (unpaired) electrons. The lowest BCUT2D eigenvalue weighted by Gasteiger charge is -2.24. The summed E-state index contributed by atoms with van der Waals surface area (Å²) in [6, 6.07) is -0.126. The monoisotopic (exact) mass is 301 g/mol. The molecule has 114 valence electrons. The van der Waals surface area contributed by atoms with Crippen molar-refractivity contribution in [2.24, 2.45) is 5.92 Å². The Labute approximate surface area is 120 Å². The van der Waals surface area contributed by atoms with Crippen molar-refractivity contribution in [2.45, 2.75) is 45.7 Å². The Bertz CT molecular complexity index is 540. The van der Waals surface area contributed by atoms with Gasteiger partial charge in [-0.05, 0) is 42.7 Å². The molecule has 1 aliphatic rings. The first kappa shape index (κ1) is 15.4. The highest BCUT2D eigenvalue weighted by atomic mass is 32.2. The molecule has 0 saturated carbocycles. The molecule has 0 aliphatic carbocycles. The molecule has 0 spiro atoms. The van der Waals surface area contributed by atoms with E-state index in [-0.39, 0.29) is 23.6 Å². The van der Waals surface area contributed by atoms with Crippen molar-refractivity contribution in [1.82, 2.24) is 25.5 Å². The van der Waals surface area contributed by atoms with Crippen LogP contribution in [0.4, 0.5) is 0 Å². The van der Waals surface area contributed by atoms with Crippen LogP contribution in [0.1, 0.15) is 51.5 Å². The Morgan fingerprint density at radius 3 is 2.80 bits per heavy atom. The molecular formula is C12H23N5O2S. The Morgan fingerprint density at radius 1 is 1.40 bits per heavy atom. The maximum Gasteiger partial charge on any atom is 0.168 e. The van der Waals surface area contributed by atoms with E-state index in [1.807, 2.05) is 6.92 Å². The number of hydrogen-bond donors (Lipinski definition) is 1. The Morgan fingerprint density at radius 2 is 2.15 bits per heavy atom. The van der Waals surface area contributed by atoms with Gasteiger partial charge in [0.1, 0.15) is 0 Å². The molecule has 1 aliphatic heterocycles. The van der Waals surface area contributed by atoms with Gasteiger partial charge in [-0.25, -0.2) is 13.1 Å². The number of hydrogen-bond acceptors (Lipinski definition) is 6. The summed E-state index contributed by atoms with van der Waals surface area (Å²) in [5.41, 5.74) is 0. The van der Waals surface area contributed by atoms with Crippen molar-refractivity contribution in [1.29, 1.82) is 0 Å². The number of aromatic nitrogens is 4. The van der Waals surface area contributed by atoms with E-state index in [2.05, 4.69) is 34.7 Å². The van der Waals surface area contributed by atoms with Gasteiger partial charge in [0.2, 0.25) is 0 Å². The van der Waals surface area contributed by atoms with Crippen molar-refractivity contribution in [3.63, 3.8) is 0 Å². The van der Waals surface area contributed by atoms with Crippen LogP contribution in [0.3, 0.4) is 0 Å². The molecule has 0 aromatic carbocycles. The molecule has 1 aromatic heterocycles. The predicted molar refractivity (Wildman–Crippen MR) is 76.0 cm³/mol. The first-order chi connectivity index (χ1) is 9.39. The molecule has 1 N–H and O–H groups in total. The standard InChI is InChI=1S/C12H23N5O2S/c1-9(2)7-13-10(3)12-14-15-16-17(12)11-5-4-6-20(18,19)8-11/h9-11,13H,4-8H2,1-3H3. The lowest BCUT2D eigenvalue weighted by molar-refractivity contribution is 0.388. The van der Waals surface area contributed by atoms with Crippen LogP contribution in [0.15, 0.2) is 0 Å². The molecular weight excluding hydrogens is 278 g/mol. The third-order valence-corrected chi connectivity index (χ3v) is 5.33. The summed E-state index contributed by atoms with van der Waals surface area (Å²) >= 11 is 0. The fourth-order valence-electron chi connectivity index (χ4n) is 2.44. The molecule has 1 aromatic rings. The van der Waals surface area contributed by atoms with Gasteiger partial charge in [-0.2, -0.15) is 0 Å². The number of tetrazole rings is 1. The third kappa shape index (κ3) is 3.76. The van der Waals surface area contributed by atoms with Crippen molar-refractivity contribution in [2.75, 3.05) is 18.1 Å². The highest BCUT2D eigenvalue weighted by Gasteiger charge is 2.29. The summed E-state index contributed by atoms with van der Waals surface area (Å²) in [6.07, 6.45) is 1.49. The Hall–Kier alpha value is -1.02. The van der Waals surface area contributed by atoms with Gasteiger partial charge in [0.25, 0.3) is 0 Å². The minimum absolute atomic E-state index is 0.0111. The summed E-state index contributed by atoms with van der Waals surface area (Å²) in [4.78, 5) is 0. The van der Waals surface area contributed by atoms with E-state index in [9.17, 15) is 8.42 Å². The van der Waals surface area contributed by atoms with Crippen molar-refractivity contribution < 1.29 is 8.42 Å². The molecule has 8 heteroatoms. The normalized spacial score (nSPS) is 23.9. The van der Waals surface area contributed by atoms with E-state index in [0.717, 1.165) is 13.0 Å².